The van der Waals surface area contributed by atoms with Gasteiger partial charge in [-0.1, -0.05) is 49.9 Å². The van der Waals surface area contributed by atoms with Crippen molar-refractivity contribution in [3.63, 3.8) is 0 Å². The number of hydrogen-bond donors (Lipinski definition) is 1. The van der Waals surface area contributed by atoms with Crippen LogP contribution in [0, 0.1) is 5.41 Å². The Bertz CT molecular complexity index is 435. The molecule has 1 heterocycles. The highest BCUT2D eigenvalue weighted by atomic mass is 32.1. The second-order valence-corrected chi connectivity index (χ2v) is 7.12. The van der Waals surface area contributed by atoms with Crippen LogP contribution in [0.1, 0.15) is 49.7 Å². The van der Waals surface area contributed by atoms with Gasteiger partial charge in [-0.25, -0.2) is 0 Å². The van der Waals surface area contributed by atoms with Gasteiger partial charge in [-0.2, -0.15) is 12.6 Å². The van der Waals surface area contributed by atoms with Crippen LogP contribution in [-0.2, 0) is 13.0 Å². The Morgan fingerprint density at radius 1 is 1.00 bits per heavy atom. The van der Waals surface area contributed by atoms with Crippen LogP contribution < -0.4 is 0 Å². The Balaban J connectivity index is 1.68. The lowest BCUT2D eigenvalue weighted by Gasteiger charge is -2.39. The third-order valence-corrected chi connectivity index (χ3v) is 5.94. The molecule has 2 heteroatoms. The highest BCUT2D eigenvalue weighted by molar-refractivity contribution is 7.80. The van der Waals surface area contributed by atoms with E-state index in [-0.39, 0.29) is 0 Å². The Labute approximate surface area is 129 Å². The third kappa shape index (κ3) is 3.23. The first-order valence-electron chi connectivity index (χ1n) is 8.21. The van der Waals surface area contributed by atoms with E-state index in [2.05, 4.69) is 29.2 Å². The molecule has 20 heavy (non-hydrogen) atoms. The van der Waals surface area contributed by atoms with Gasteiger partial charge in [-0.05, 0) is 41.6 Å². The molecule has 1 aliphatic heterocycles. The van der Waals surface area contributed by atoms with E-state index in [4.69, 9.17) is 12.6 Å². The van der Waals surface area contributed by atoms with Gasteiger partial charge < -0.3 is 0 Å². The largest absolute Gasteiger partial charge is 0.298 e. The number of rotatable bonds is 3. The molecule has 0 saturated heterocycles. The fraction of sp³-hybridized carbons (Fsp3) is 0.667. The van der Waals surface area contributed by atoms with E-state index in [0.29, 0.717) is 5.41 Å². The molecule has 2 aliphatic rings. The van der Waals surface area contributed by atoms with Crippen molar-refractivity contribution >= 4 is 12.6 Å². The summed E-state index contributed by atoms with van der Waals surface area (Å²) in [6, 6.07) is 8.96. The van der Waals surface area contributed by atoms with Gasteiger partial charge in [0.1, 0.15) is 0 Å². The van der Waals surface area contributed by atoms with Gasteiger partial charge >= 0.3 is 0 Å². The normalized spacial score (nSPS) is 23.1. The summed E-state index contributed by atoms with van der Waals surface area (Å²) in [5.41, 5.74) is 3.58. The summed E-state index contributed by atoms with van der Waals surface area (Å²) in [6.45, 7) is 3.63. The van der Waals surface area contributed by atoms with Gasteiger partial charge in [0, 0.05) is 19.6 Å². The molecular weight excluding hydrogens is 262 g/mol. The maximum absolute atomic E-state index is 4.73. The topological polar surface area (TPSA) is 3.24 Å². The van der Waals surface area contributed by atoms with Crippen LogP contribution in [0.4, 0.5) is 0 Å². The van der Waals surface area contributed by atoms with Crippen molar-refractivity contribution in [3.8, 4) is 0 Å². The number of benzene rings is 1. The zero-order valence-electron chi connectivity index (χ0n) is 12.5. The molecule has 1 aromatic carbocycles. The van der Waals surface area contributed by atoms with E-state index >= 15 is 0 Å². The molecule has 1 aliphatic carbocycles. The minimum absolute atomic E-state index is 0.478. The van der Waals surface area contributed by atoms with Crippen LogP contribution >= 0.6 is 12.6 Å². The summed E-state index contributed by atoms with van der Waals surface area (Å²) in [5, 5.41) is 0. The number of nitrogens with zero attached hydrogens (tertiary/aromatic N) is 1. The molecule has 0 unspecified atom stereocenters. The molecule has 0 aromatic heterocycles. The molecule has 0 N–H and O–H groups in total. The Morgan fingerprint density at radius 2 is 1.70 bits per heavy atom. The molecular formula is C18H27NS. The lowest BCUT2D eigenvalue weighted by molar-refractivity contribution is 0.139. The first-order valence-corrected chi connectivity index (χ1v) is 8.85. The Morgan fingerprint density at radius 3 is 2.40 bits per heavy atom. The monoisotopic (exact) mass is 289 g/mol. The molecule has 0 amide bonds. The van der Waals surface area contributed by atoms with E-state index in [1.807, 2.05) is 0 Å². The van der Waals surface area contributed by atoms with Crippen molar-refractivity contribution in [2.75, 3.05) is 18.8 Å². The molecule has 1 aromatic rings. The summed E-state index contributed by atoms with van der Waals surface area (Å²) >= 11 is 4.73. The molecule has 3 rings (SSSR count). The van der Waals surface area contributed by atoms with Crippen LogP contribution in [0.25, 0.3) is 0 Å². The van der Waals surface area contributed by atoms with E-state index < -0.39 is 0 Å². The van der Waals surface area contributed by atoms with Gasteiger partial charge in [-0.15, -0.1) is 0 Å². The first-order chi connectivity index (χ1) is 9.81. The highest BCUT2D eigenvalue weighted by Crippen LogP contribution is 2.37. The van der Waals surface area contributed by atoms with E-state index in [9.17, 15) is 0 Å². The zero-order valence-corrected chi connectivity index (χ0v) is 13.4. The maximum atomic E-state index is 4.73. The number of hydrogen-bond acceptors (Lipinski definition) is 2. The van der Waals surface area contributed by atoms with Crippen molar-refractivity contribution in [1.82, 2.24) is 4.90 Å². The van der Waals surface area contributed by atoms with E-state index in [0.717, 1.165) is 12.3 Å². The van der Waals surface area contributed by atoms with Crippen LogP contribution in [0.15, 0.2) is 24.3 Å². The molecule has 0 spiro atoms. The van der Waals surface area contributed by atoms with Gasteiger partial charge in [0.2, 0.25) is 0 Å². The van der Waals surface area contributed by atoms with Gasteiger partial charge in [-0.3, -0.25) is 4.90 Å². The first kappa shape index (κ1) is 14.5. The second-order valence-electron chi connectivity index (χ2n) is 6.80. The van der Waals surface area contributed by atoms with Crippen LogP contribution in [-0.4, -0.2) is 23.7 Å². The molecule has 0 radical (unpaired) electrons. The summed E-state index contributed by atoms with van der Waals surface area (Å²) < 4.78 is 0. The Hall–Kier alpha value is -0.470. The summed E-state index contributed by atoms with van der Waals surface area (Å²) in [4.78, 5) is 2.68. The predicted octanol–water partition coefficient (Wildman–Crippen LogP) is 4.32. The third-order valence-electron chi connectivity index (χ3n) is 5.27. The highest BCUT2D eigenvalue weighted by Gasteiger charge is 2.32. The van der Waals surface area contributed by atoms with Crippen molar-refractivity contribution in [2.24, 2.45) is 5.41 Å². The predicted molar refractivity (Wildman–Crippen MR) is 89.4 cm³/mol. The van der Waals surface area contributed by atoms with Crippen molar-refractivity contribution in [1.29, 1.82) is 0 Å². The number of fused-ring (bicyclic) bond motifs is 1. The molecule has 1 fully saturated rings. The minimum Gasteiger partial charge on any atom is -0.298 e. The summed E-state index contributed by atoms with van der Waals surface area (Å²) in [6.07, 6.45) is 9.66. The van der Waals surface area contributed by atoms with Crippen LogP contribution in [0.2, 0.25) is 0 Å². The molecule has 110 valence electrons. The SMILES string of the molecule is SCC1(CN2CCc3ccccc3C2)CCCCCC1. The molecule has 1 saturated carbocycles. The second kappa shape index (κ2) is 6.53. The Kier molecular flexibility index (Phi) is 4.72. The number of thiol groups is 1. The average Bonchev–Trinajstić information content (AvgIpc) is 2.73. The van der Waals surface area contributed by atoms with E-state index in [1.54, 1.807) is 11.1 Å². The fourth-order valence-electron chi connectivity index (χ4n) is 4.01. The van der Waals surface area contributed by atoms with Gasteiger partial charge in [0.25, 0.3) is 0 Å². The molecule has 0 bridgehead atoms. The quantitative estimate of drug-likeness (QED) is 0.641. The minimum atomic E-state index is 0.478. The van der Waals surface area contributed by atoms with Gasteiger partial charge in [0.15, 0.2) is 0 Å². The average molecular weight is 289 g/mol. The van der Waals surface area contributed by atoms with Gasteiger partial charge in [0.05, 0.1) is 0 Å². The lowest BCUT2D eigenvalue weighted by Crippen LogP contribution is -2.41. The van der Waals surface area contributed by atoms with E-state index in [1.165, 1.54) is 58.0 Å². The van der Waals surface area contributed by atoms with Crippen molar-refractivity contribution < 1.29 is 0 Å². The van der Waals surface area contributed by atoms with Crippen LogP contribution in [0.3, 0.4) is 0 Å². The fourth-order valence-corrected chi connectivity index (χ4v) is 4.42. The standard InChI is InChI=1S/C18H27NS/c20-15-18(10-5-1-2-6-11-18)14-19-12-9-16-7-3-4-8-17(16)13-19/h3-4,7-8,20H,1-2,5-6,9-15H2. The maximum Gasteiger partial charge on any atom is 0.0236 e. The molecule has 1 nitrogen and oxygen atoms in total. The van der Waals surface area contributed by atoms with Crippen LogP contribution in [0.5, 0.6) is 0 Å². The summed E-state index contributed by atoms with van der Waals surface area (Å²) in [7, 11) is 0. The van der Waals surface area contributed by atoms with Crippen molar-refractivity contribution in [3.05, 3.63) is 35.4 Å². The molecule has 0 atom stereocenters. The smallest absolute Gasteiger partial charge is 0.0236 e. The van der Waals surface area contributed by atoms with Crippen molar-refractivity contribution in [2.45, 2.75) is 51.5 Å². The lowest BCUT2D eigenvalue weighted by atomic mass is 9.81. The summed E-state index contributed by atoms with van der Waals surface area (Å²) in [5.74, 6) is 1.06. The zero-order chi connectivity index (χ0) is 13.8.